The lowest BCUT2D eigenvalue weighted by molar-refractivity contribution is 1.40. The van der Waals surface area contributed by atoms with Crippen molar-refractivity contribution in [2.24, 2.45) is 0 Å². The van der Waals surface area contributed by atoms with E-state index in [1.54, 1.807) is 0 Å². The zero-order valence-electron chi connectivity index (χ0n) is 11.7. The summed E-state index contributed by atoms with van der Waals surface area (Å²) < 4.78 is 0. The Morgan fingerprint density at radius 3 is 2.45 bits per heavy atom. The minimum Gasteiger partial charge on any atom is -0.0807 e. The third-order valence-electron chi connectivity index (χ3n) is 3.50. The van der Waals surface area contributed by atoms with Crippen LogP contribution in [0.1, 0.15) is 17.5 Å². The predicted molar refractivity (Wildman–Crippen MR) is 87.5 cm³/mol. The van der Waals surface area contributed by atoms with E-state index in [2.05, 4.69) is 85.8 Å². The molecule has 0 saturated carbocycles. The molecule has 0 heteroatoms. The van der Waals surface area contributed by atoms with Crippen LogP contribution in [0.15, 0.2) is 78.9 Å². The molecule has 0 aliphatic heterocycles. The van der Waals surface area contributed by atoms with E-state index in [4.69, 9.17) is 0 Å². The Morgan fingerprint density at radius 1 is 0.800 bits per heavy atom. The van der Waals surface area contributed by atoms with E-state index in [9.17, 15) is 0 Å². The Hall–Kier alpha value is -2.34. The average molecular weight is 258 g/mol. The van der Waals surface area contributed by atoms with Crippen molar-refractivity contribution < 1.29 is 0 Å². The predicted octanol–water partition coefficient (Wildman–Crippen LogP) is 5.56. The summed E-state index contributed by atoms with van der Waals surface area (Å²) in [6, 6.07) is 17.3. The molecule has 0 heterocycles. The second-order valence-electron chi connectivity index (χ2n) is 5.14. The van der Waals surface area contributed by atoms with Crippen LogP contribution in [0.2, 0.25) is 0 Å². The van der Waals surface area contributed by atoms with Gasteiger partial charge >= 0.3 is 0 Å². The molecule has 1 aliphatic rings. The van der Waals surface area contributed by atoms with Gasteiger partial charge in [0.05, 0.1) is 0 Å². The maximum absolute atomic E-state index is 2.28. The Balaban J connectivity index is 2.07. The van der Waals surface area contributed by atoms with Crippen molar-refractivity contribution in [2.45, 2.75) is 13.3 Å². The molecule has 20 heavy (non-hydrogen) atoms. The van der Waals surface area contributed by atoms with Crippen LogP contribution in [0.5, 0.6) is 0 Å². The second kappa shape index (κ2) is 5.75. The average Bonchev–Trinajstić information content (AvgIpc) is 2.77. The van der Waals surface area contributed by atoms with Crippen molar-refractivity contribution in [3.8, 4) is 11.1 Å². The summed E-state index contributed by atoms with van der Waals surface area (Å²) in [4.78, 5) is 0. The molecule has 0 fully saturated rings. The fourth-order valence-corrected chi connectivity index (χ4v) is 2.52. The van der Waals surface area contributed by atoms with Crippen LogP contribution >= 0.6 is 0 Å². The summed E-state index contributed by atoms with van der Waals surface area (Å²) in [7, 11) is 0. The lowest BCUT2D eigenvalue weighted by Gasteiger charge is -2.09. The number of aryl methyl sites for hydroxylation is 1. The fraction of sp³-hybridized carbons (Fsp3) is 0.100. The highest BCUT2D eigenvalue weighted by Gasteiger charge is 2.04. The first-order chi connectivity index (χ1) is 9.83. The molecule has 0 radical (unpaired) electrons. The molecule has 0 atom stereocenters. The number of allylic oxidation sites excluding steroid dienone is 6. The van der Waals surface area contributed by atoms with E-state index in [-0.39, 0.29) is 0 Å². The molecular formula is C20H18. The molecule has 0 amide bonds. The molecule has 1 aliphatic carbocycles. The van der Waals surface area contributed by atoms with Crippen LogP contribution in [0.4, 0.5) is 0 Å². The van der Waals surface area contributed by atoms with Gasteiger partial charge in [-0.25, -0.2) is 0 Å². The molecule has 3 rings (SSSR count). The number of hydrogen-bond donors (Lipinski definition) is 0. The molecule has 0 spiro atoms. The lowest BCUT2D eigenvalue weighted by Crippen LogP contribution is -1.86. The molecule has 0 saturated heterocycles. The largest absolute Gasteiger partial charge is 0.0807 e. The minimum absolute atomic E-state index is 1.01. The molecule has 0 nitrogen and oxygen atoms in total. The van der Waals surface area contributed by atoms with Crippen LogP contribution in [-0.4, -0.2) is 0 Å². The van der Waals surface area contributed by atoms with Crippen molar-refractivity contribution in [1.82, 2.24) is 0 Å². The highest BCUT2D eigenvalue weighted by Crippen LogP contribution is 2.27. The molecule has 2 aromatic rings. The molecule has 2 aromatic carbocycles. The van der Waals surface area contributed by atoms with Crippen LogP contribution in [0.3, 0.4) is 0 Å². The molecule has 0 unspecified atom stereocenters. The zero-order valence-corrected chi connectivity index (χ0v) is 11.7. The Labute approximate surface area is 120 Å². The molecular weight excluding hydrogens is 240 g/mol. The summed E-state index contributed by atoms with van der Waals surface area (Å²) in [6.45, 7) is 2.16. The molecule has 0 aromatic heterocycles. The van der Waals surface area contributed by atoms with Gasteiger partial charge in [0.25, 0.3) is 0 Å². The van der Waals surface area contributed by atoms with Crippen molar-refractivity contribution in [3.63, 3.8) is 0 Å². The van der Waals surface area contributed by atoms with E-state index in [0.29, 0.717) is 0 Å². The van der Waals surface area contributed by atoms with Gasteiger partial charge < -0.3 is 0 Å². The van der Waals surface area contributed by atoms with Crippen LogP contribution < -0.4 is 0 Å². The van der Waals surface area contributed by atoms with Gasteiger partial charge in [-0.1, -0.05) is 72.8 Å². The maximum Gasteiger partial charge on any atom is -0.0163 e. The van der Waals surface area contributed by atoms with E-state index in [0.717, 1.165) is 6.42 Å². The smallest absolute Gasteiger partial charge is 0.0163 e. The topological polar surface area (TPSA) is 0 Å². The van der Waals surface area contributed by atoms with Gasteiger partial charge in [0.1, 0.15) is 0 Å². The van der Waals surface area contributed by atoms with Crippen molar-refractivity contribution in [2.75, 3.05) is 0 Å². The van der Waals surface area contributed by atoms with Crippen LogP contribution in [0.25, 0.3) is 16.7 Å². The van der Waals surface area contributed by atoms with Gasteiger partial charge in [-0.05, 0) is 47.2 Å². The van der Waals surface area contributed by atoms with E-state index >= 15 is 0 Å². The normalized spacial score (nSPS) is 13.9. The van der Waals surface area contributed by atoms with Crippen LogP contribution in [0, 0.1) is 6.92 Å². The van der Waals surface area contributed by atoms with E-state index in [1.165, 1.54) is 27.8 Å². The third-order valence-corrected chi connectivity index (χ3v) is 3.50. The van der Waals surface area contributed by atoms with Crippen molar-refractivity contribution in [3.05, 3.63) is 90.0 Å². The van der Waals surface area contributed by atoms with Gasteiger partial charge in [-0.3, -0.25) is 0 Å². The van der Waals surface area contributed by atoms with Gasteiger partial charge in [-0.2, -0.15) is 0 Å². The summed E-state index contributed by atoms with van der Waals surface area (Å²) in [5, 5.41) is 0. The lowest BCUT2D eigenvalue weighted by atomic mass is 9.96. The van der Waals surface area contributed by atoms with E-state index in [1.807, 2.05) is 0 Å². The maximum atomic E-state index is 2.28. The number of hydrogen-bond acceptors (Lipinski definition) is 0. The summed E-state index contributed by atoms with van der Waals surface area (Å²) in [5.41, 5.74) is 6.41. The standard InChI is InChI=1S/C20H18/c1-16-13-19(17-9-5-2-3-6-10-17)15-20(14-16)18-11-7-4-8-12-18/h2,4-15H,3H2,1H3. The quantitative estimate of drug-likeness (QED) is 0.661. The Morgan fingerprint density at radius 2 is 1.60 bits per heavy atom. The number of rotatable bonds is 2. The first-order valence-electron chi connectivity index (χ1n) is 7.04. The highest BCUT2D eigenvalue weighted by atomic mass is 14.1. The Bertz CT molecular complexity index is 685. The third kappa shape index (κ3) is 2.80. The molecule has 0 N–H and O–H groups in total. The summed E-state index contributed by atoms with van der Waals surface area (Å²) in [6.07, 6.45) is 11.9. The minimum atomic E-state index is 1.01. The van der Waals surface area contributed by atoms with Gasteiger partial charge in [0, 0.05) is 0 Å². The monoisotopic (exact) mass is 258 g/mol. The zero-order chi connectivity index (χ0) is 13.8. The van der Waals surface area contributed by atoms with Gasteiger partial charge in [0.15, 0.2) is 0 Å². The first kappa shape index (κ1) is 12.7. The molecule has 0 bridgehead atoms. The first-order valence-corrected chi connectivity index (χ1v) is 7.04. The highest BCUT2D eigenvalue weighted by molar-refractivity contribution is 5.79. The number of benzene rings is 2. The van der Waals surface area contributed by atoms with Crippen molar-refractivity contribution >= 4 is 5.57 Å². The second-order valence-corrected chi connectivity index (χ2v) is 5.14. The van der Waals surface area contributed by atoms with Crippen LogP contribution in [-0.2, 0) is 0 Å². The summed E-state index contributed by atoms with van der Waals surface area (Å²) >= 11 is 0. The molecule has 98 valence electrons. The van der Waals surface area contributed by atoms with Gasteiger partial charge in [0.2, 0.25) is 0 Å². The van der Waals surface area contributed by atoms with Gasteiger partial charge in [-0.15, -0.1) is 0 Å². The Kier molecular flexibility index (Phi) is 3.64. The SMILES string of the molecule is Cc1cc(C2=CC=CCC=C2)cc(-c2ccccc2)c1. The fourth-order valence-electron chi connectivity index (χ4n) is 2.52. The summed E-state index contributed by atoms with van der Waals surface area (Å²) in [5.74, 6) is 0. The van der Waals surface area contributed by atoms with Crippen molar-refractivity contribution in [1.29, 1.82) is 0 Å². The van der Waals surface area contributed by atoms with E-state index < -0.39 is 0 Å².